The minimum absolute atomic E-state index is 0.0186. The van der Waals surface area contributed by atoms with Gasteiger partial charge >= 0.3 is 12.0 Å². The Morgan fingerprint density at radius 1 is 1.07 bits per heavy atom. The highest BCUT2D eigenvalue weighted by Gasteiger charge is 2.34. The lowest BCUT2D eigenvalue weighted by Crippen LogP contribution is -2.47. The van der Waals surface area contributed by atoms with Gasteiger partial charge < -0.3 is 24.4 Å². The van der Waals surface area contributed by atoms with Gasteiger partial charge in [-0.15, -0.1) is 0 Å². The van der Waals surface area contributed by atoms with Crippen LogP contribution in [0.15, 0.2) is 42.5 Å². The molecule has 142 valence electrons. The first-order chi connectivity index (χ1) is 13.1. The number of anilines is 1. The van der Waals surface area contributed by atoms with Gasteiger partial charge in [0, 0.05) is 6.54 Å². The normalized spacial score (nSPS) is 15.5. The summed E-state index contributed by atoms with van der Waals surface area (Å²) in [7, 11) is 4.43. The van der Waals surface area contributed by atoms with Gasteiger partial charge in [0.15, 0.2) is 0 Å². The Labute approximate surface area is 157 Å². The third kappa shape index (κ3) is 3.81. The van der Waals surface area contributed by atoms with E-state index in [1.807, 2.05) is 24.3 Å². The molecule has 7 nitrogen and oxygen atoms in total. The first-order valence-corrected chi connectivity index (χ1v) is 8.55. The van der Waals surface area contributed by atoms with Gasteiger partial charge in [-0.1, -0.05) is 12.1 Å². The molecule has 1 atom stereocenters. The summed E-state index contributed by atoms with van der Waals surface area (Å²) in [5.41, 5.74) is 1.77. The molecule has 0 aromatic heterocycles. The molecule has 2 aromatic rings. The number of ether oxygens (including phenoxy) is 3. The summed E-state index contributed by atoms with van der Waals surface area (Å²) in [6, 6.07) is 12.2. The summed E-state index contributed by atoms with van der Waals surface area (Å²) < 4.78 is 15.3. The maximum Gasteiger partial charge on any atom is 0.337 e. The molecular formula is C20H22N2O5. The van der Waals surface area contributed by atoms with Crippen LogP contribution in [-0.2, 0) is 4.74 Å². The van der Waals surface area contributed by atoms with Crippen LogP contribution in [0, 0.1) is 0 Å². The van der Waals surface area contributed by atoms with Crippen molar-refractivity contribution in [1.29, 1.82) is 0 Å². The van der Waals surface area contributed by atoms with Crippen molar-refractivity contribution in [2.24, 2.45) is 0 Å². The van der Waals surface area contributed by atoms with Crippen LogP contribution in [0.4, 0.5) is 10.5 Å². The fraction of sp³-hybridized carbons (Fsp3) is 0.300. The van der Waals surface area contributed by atoms with Crippen LogP contribution in [0.1, 0.15) is 28.4 Å². The van der Waals surface area contributed by atoms with Gasteiger partial charge in [-0.2, -0.15) is 0 Å². The molecule has 3 rings (SSSR count). The van der Waals surface area contributed by atoms with E-state index in [9.17, 15) is 9.59 Å². The molecule has 1 aliphatic rings. The lowest BCUT2D eigenvalue weighted by atomic mass is 9.95. The number of amides is 2. The molecule has 0 radical (unpaired) electrons. The number of hydrogen-bond acceptors (Lipinski definition) is 5. The molecule has 1 saturated heterocycles. The number of esters is 1. The molecule has 0 aliphatic carbocycles. The van der Waals surface area contributed by atoms with Crippen molar-refractivity contribution in [3.05, 3.63) is 53.6 Å². The average Bonchev–Trinajstić information content (AvgIpc) is 2.66. The van der Waals surface area contributed by atoms with E-state index in [0.717, 1.165) is 17.7 Å². The molecule has 0 bridgehead atoms. The van der Waals surface area contributed by atoms with Gasteiger partial charge in [-0.05, 0) is 42.3 Å². The van der Waals surface area contributed by atoms with Crippen LogP contribution < -0.4 is 14.8 Å². The lowest BCUT2D eigenvalue weighted by molar-refractivity contribution is 0.0600. The minimum Gasteiger partial charge on any atom is -0.497 e. The molecule has 1 fully saturated rings. The Hall–Kier alpha value is -3.22. The molecule has 27 heavy (non-hydrogen) atoms. The zero-order chi connectivity index (χ0) is 19.4. The van der Waals surface area contributed by atoms with E-state index in [1.54, 1.807) is 30.2 Å². The largest absolute Gasteiger partial charge is 0.497 e. The highest BCUT2D eigenvalue weighted by molar-refractivity contribution is 5.95. The Bertz CT molecular complexity index is 852. The summed E-state index contributed by atoms with van der Waals surface area (Å²) in [6.45, 7) is 0.646. The van der Waals surface area contributed by atoms with Gasteiger partial charge in [-0.25, -0.2) is 9.59 Å². The Morgan fingerprint density at radius 2 is 1.89 bits per heavy atom. The highest BCUT2D eigenvalue weighted by Crippen LogP contribution is 2.36. The van der Waals surface area contributed by atoms with E-state index in [1.165, 1.54) is 14.2 Å². The monoisotopic (exact) mass is 370 g/mol. The van der Waals surface area contributed by atoms with Crippen molar-refractivity contribution in [3.8, 4) is 11.5 Å². The van der Waals surface area contributed by atoms with Crippen molar-refractivity contribution in [3.63, 3.8) is 0 Å². The molecule has 0 unspecified atom stereocenters. The van der Waals surface area contributed by atoms with E-state index in [2.05, 4.69) is 5.32 Å². The van der Waals surface area contributed by atoms with E-state index in [0.29, 0.717) is 23.5 Å². The second kappa shape index (κ2) is 7.99. The standard InChI is InChI=1S/C20H22N2O5/c1-25-15-6-4-5-13(11-15)17-9-10-22(17)20(24)21-16-12-14(19(23)27-3)7-8-18(16)26-2/h4-8,11-12,17H,9-10H2,1-3H3,(H,21,24)/t17-/m1/s1. The molecule has 7 heteroatoms. The molecule has 0 spiro atoms. The zero-order valence-electron chi connectivity index (χ0n) is 15.5. The summed E-state index contributed by atoms with van der Waals surface area (Å²) in [5, 5.41) is 2.83. The van der Waals surface area contributed by atoms with Crippen molar-refractivity contribution in [2.45, 2.75) is 12.5 Å². The first-order valence-electron chi connectivity index (χ1n) is 8.55. The number of hydrogen-bond donors (Lipinski definition) is 1. The van der Waals surface area contributed by atoms with Gasteiger partial charge in [0.1, 0.15) is 11.5 Å². The number of benzene rings is 2. The molecular weight excluding hydrogens is 348 g/mol. The number of nitrogens with one attached hydrogen (secondary N) is 1. The fourth-order valence-corrected chi connectivity index (χ4v) is 3.06. The van der Waals surface area contributed by atoms with Crippen LogP contribution in [0.2, 0.25) is 0 Å². The van der Waals surface area contributed by atoms with E-state index >= 15 is 0 Å². The number of urea groups is 1. The van der Waals surface area contributed by atoms with Crippen molar-refractivity contribution in [1.82, 2.24) is 4.90 Å². The first kappa shape index (κ1) is 18.6. The van der Waals surface area contributed by atoms with E-state index in [4.69, 9.17) is 14.2 Å². The van der Waals surface area contributed by atoms with Gasteiger partial charge in [0.05, 0.1) is 38.6 Å². The molecule has 2 amide bonds. The maximum atomic E-state index is 12.8. The van der Waals surface area contributed by atoms with Gasteiger partial charge in [0.2, 0.25) is 0 Å². The van der Waals surface area contributed by atoms with Crippen LogP contribution in [0.5, 0.6) is 11.5 Å². The highest BCUT2D eigenvalue weighted by atomic mass is 16.5. The van der Waals surface area contributed by atoms with Crippen LogP contribution in [0.3, 0.4) is 0 Å². The summed E-state index contributed by atoms with van der Waals surface area (Å²) >= 11 is 0. The topological polar surface area (TPSA) is 77.1 Å². The van der Waals surface area contributed by atoms with E-state index in [-0.39, 0.29) is 12.1 Å². The summed E-state index contributed by atoms with van der Waals surface area (Å²) in [4.78, 5) is 26.3. The zero-order valence-corrected chi connectivity index (χ0v) is 15.5. The number of carbonyl (C=O) groups excluding carboxylic acids is 2. The van der Waals surface area contributed by atoms with Crippen LogP contribution >= 0.6 is 0 Å². The van der Waals surface area contributed by atoms with Crippen molar-refractivity contribution >= 4 is 17.7 Å². The average molecular weight is 370 g/mol. The molecule has 2 aromatic carbocycles. The number of methoxy groups -OCH3 is 3. The van der Waals surface area contributed by atoms with Crippen LogP contribution in [0.25, 0.3) is 0 Å². The maximum absolute atomic E-state index is 12.8. The number of nitrogens with zero attached hydrogens (tertiary/aromatic N) is 1. The van der Waals surface area contributed by atoms with Crippen LogP contribution in [-0.4, -0.2) is 44.8 Å². The number of carbonyl (C=O) groups is 2. The van der Waals surface area contributed by atoms with Gasteiger partial charge in [0.25, 0.3) is 0 Å². The quantitative estimate of drug-likeness (QED) is 0.816. The lowest BCUT2D eigenvalue weighted by Gasteiger charge is -2.41. The second-order valence-electron chi connectivity index (χ2n) is 6.11. The molecule has 0 saturated carbocycles. The van der Waals surface area contributed by atoms with Gasteiger partial charge in [-0.3, -0.25) is 0 Å². The third-order valence-electron chi connectivity index (χ3n) is 4.62. The SMILES string of the molecule is COC(=O)c1ccc(OC)c(NC(=O)N2CC[C@@H]2c2cccc(OC)c2)c1. The third-order valence-corrected chi connectivity index (χ3v) is 4.62. The molecule has 1 heterocycles. The summed E-state index contributed by atoms with van der Waals surface area (Å²) in [6.07, 6.45) is 0.875. The molecule has 1 N–H and O–H groups in total. The van der Waals surface area contributed by atoms with Crippen molar-refractivity contribution < 1.29 is 23.8 Å². The predicted octanol–water partition coefficient (Wildman–Crippen LogP) is 3.47. The molecule has 1 aliphatic heterocycles. The van der Waals surface area contributed by atoms with E-state index < -0.39 is 5.97 Å². The second-order valence-corrected chi connectivity index (χ2v) is 6.11. The Balaban J connectivity index is 1.77. The van der Waals surface area contributed by atoms with Crippen molar-refractivity contribution in [2.75, 3.05) is 33.2 Å². The fourth-order valence-electron chi connectivity index (χ4n) is 3.06. The minimum atomic E-state index is -0.480. The Kier molecular flexibility index (Phi) is 5.49. The Morgan fingerprint density at radius 3 is 2.52 bits per heavy atom. The summed E-state index contributed by atoms with van der Waals surface area (Å²) in [5.74, 6) is 0.744. The predicted molar refractivity (Wildman–Crippen MR) is 100 cm³/mol. The smallest absolute Gasteiger partial charge is 0.337 e. The number of rotatable bonds is 5. The number of likely N-dealkylation sites (tertiary alicyclic amines) is 1.